The fraction of sp³-hybridized carbons (Fsp3) is 0.250. The highest BCUT2D eigenvalue weighted by atomic mass is 19.4. The third-order valence-corrected chi connectivity index (χ3v) is 5.58. The van der Waals surface area contributed by atoms with Crippen LogP contribution in [0.1, 0.15) is 46.0 Å². The monoisotopic (exact) mass is 588 g/mol. The van der Waals surface area contributed by atoms with E-state index in [0.29, 0.717) is 44.8 Å². The van der Waals surface area contributed by atoms with Crippen molar-refractivity contribution >= 4 is 28.4 Å². The number of aliphatic carboxylic acids is 1. The third kappa shape index (κ3) is 7.74. The van der Waals surface area contributed by atoms with Crippen molar-refractivity contribution in [3.63, 3.8) is 0 Å². The number of pyridine rings is 1. The topological polar surface area (TPSA) is 153 Å². The van der Waals surface area contributed by atoms with Gasteiger partial charge in [-0.2, -0.15) is 13.2 Å². The number of ketones is 1. The van der Waals surface area contributed by atoms with Crippen LogP contribution in [0.25, 0.3) is 10.8 Å². The number of amides is 1. The number of hydrogen-bond acceptors (Lipinski definition) is 8. The lowest BCUT2D eigenvalue weighted by molar-refractivity contribution is -0.192. The first-order chi connectivity index (χ1) is 19.8. The predicted molar refractivity (Wildman–Crippen MR) is 144 cm³/mol. The Hall–Kier alpha value is -5.14. The van der Waals surface area contributed by atoms with Crippen molar-refractivity contribution in [2.24, 2.45) is 0 Å². The number of aromatic amines is 1. The van der Waals surface area contributed by atoms with E-state index >= 15 is 0 Å². The lowest BCUT2D eigenvalue weighted by Crippen LogP contribution is -2.23. The zero-order chi connectivity index (χ0) is 31.0. The van der Waals surface area contributed by atoms with Crippen molar-refractivity contribution in [1.82, 2.24) is 20.3 Å². The average Bonchev–Trinajstić information content (AvgIpc) is 3.49. The van der Waals surface area contributed by atoms with Crippen LogP contribution in [0.3, 0.4) is 0 Å². The van der Waals surface area contributed by atoms with Crippen LogP contribution in [0.4, 0.5) is 13.2 Å². The molecular weight excluding hydrogens is 561 g/mol. The number of rotatable bonds is 9. The predicted octanol–water partition coefficient (Wildman–Crippen LogP) is 4.56. The fourth-order valence-electron chi connectivity index (χ4n) is 3.71. The molecular formula is C28H27F3N4O7. The Morgan fingerprint density at radius 3 is 2.21 bits per heavy atom. The Balaban J connectivity index is 0.000000616. The Morgan fingerprint density at radius 2 is 1.67 bits per heavy atom. The standard InChI is InChI=1S/C26H26N4O5.C2HF3O2/c1-15(2)35-18-7-5-6-16(8-18)25(31)24-20-10-23(34-4)22(33-3)9-19(20)17(11-28-24)12-29-26(32)21-13-27-14-30-21;3-2(4,5)1(6)7/h5-11,13-15H,12H2,1-4H3,(H,27,30)(H,29,32);(H,6,7). The second-order valence-corrected chi connectivity index (χ2v) is 8.86. The van der Waals surface area contributed by atoms with Crippen LogP contribution < -0.4 is 19.5 Å². The number of carbonyl (C=O) groups excluding carboxylic acids is 2. The number of benzene rings is 2. The highest BCUT2D eigenvalue weighted by molar-refractivity contribution is 6.15. The molecule has 0 radical (unpaired) electrons. The fourth-order valence-corrected chi connectivity index (χ4v) is 3.71. The number of alkyl halides is 3. The maximum Gasteiger partial charge on any atom is 0.490 e. The van der Waals surface area contributed by atoms with Gasteiger partial charge < -0.3 is 29.6 Å². The van der Waals surface area contributed by atoms with Crippen LogP contribution in [-0.4, -0.2) is 64.2 Å². The van der Waals surface area contributed by atoms with Gasteiger partial charge >= 0.3 is 12.1 Å². The zero-order valence-electron chi connectivity index (χ0n) is 22.9. The lowest BCUT2D eigenvalue weighted by atomic mass is 9.98. The highest BCUT2D eigenvalue weighted by Gasteiger charge is 2.38. The minimum atomic E-state index is -5.08. The van der Waals surface area contributed by atoms with Crippen molar-refractivity contribution < 1.29 is 46.9 Å². The molecule has 1 amide bonds. The number of hydrogen-bond donors (Lipinski definition) is 3. The van der Waals surface area contributed by atoms with Gasteiger partial charge in [-0.1, -0.05) is 12.1 Å². The molecule has 14 heteroatoms. The van der Waals surface area contributed by atoms with Crippen molar-refractivity contribution in [2.45, 2.75) is 32.7 Å². The first-order valence-electron chi connectivity index (χ1n) is 12.3. The smallest absolute Gasteiger partial charge is 0.490 e. The molecule has 4 aromatic rings. The Labute approximate surface area is 237 Å². The molecule has 11 nitrogen and oxygen atoms in total. The SMILES string of the molecule is COc1cc2c(CNC(=O)c3cnc[nH]3)cnc(C(=O)c3cccc(OC(C)C)c3)c2cc1OC.O=C(O)C(F)(F)F. The molecule has 0 fully saturated rings. The van der Waals surface area contributed by atoms with Gasteiger partial charge in [0.15, 0.2) is 11.5 Å². The molecule has 0 spiro atoms. The van der Waals surface area contributed by atoms with E-state index in [9.17, 15) is 22.8 Å². The van der Waals surface area contributed by atoms with Crippen molar-refractivity contribution in [3.05, 3.63) is 77.6 Å². The number of aromatic nitrogens is 3. The summed E-state index contributed by atoms with van der Waals surface area (Å²) in [7, 11) is 3.07. The van der Waals surface area contributed by atoms with Crippen LogP contribution >= 0.6 is 0 Å². The van der Waals surface area contributed by atoms with E-state index in [1.54, 1.807) is 36.5 Å². The first-order valence-corrected chi connectivity index (χ1v) is 12.3. The van der Waals surface area contributed by atoms with Gasteiger partial charge in [-0.05, 0) is 49.1 Å². The second-order valence-electron chi connectivity index (χ2n) is 8.86. The number of nitrogens with zero attached hydrogens (tertiary/aromatic N) is 2. The van der Waals surface area contributed by atoms with E-state index in [0.717, 1.165) is 0 Å². The maximum atomic E-state index is 13.5. The van der Waals surface area contributed by atoms with Gasteiger partial charge in [-0.3, -0.25) is 14.6 Å². The van der Waals surface area contributed by atoms with E-state index in [1.807, 2.05) is 19.9 Å². The van der Waals surface area contributed by atoms with E-state index in [1.165, 1.54) is 26.7 Å². The van der Waals surface area contributed by atoms with E-state index in [2.05, 4.69) is 20.3 Å². The summed E-state index contributed by atoms with van der Waals surface area (Å²) in [5.74, 6) is -1.76. The number of fused-ring (bicyclic) bond motifs is 1. The van der Waals surface area contributed by atoms with Gasteiger partial charge in [0.1, 0.15) is 17.1 Å². The van der Waals surface area contributed by atoms with Crippen LogP contribution in [0, 0.1) is 0 Å². The lowest BCUT2D eigenvalue weighted by Gasteiger charge is -2.15. The molecule has 222 valence electrons. The number of carboxylic acid groups (broad SMARTS) is 1. The zero-order valence-corrected chi connectivity index (χ0v) is 22.9. The summed E-state index contributed by atoms with van der Waals surface area (Å²) in [4.78, 5) is 45.9. The van der Waals surface area contributed by atoms with Crippen LogP contribution in [0.5, 0.6) is 17.2 Å². The van der Waals surface area contributed by atoms with Gasteiger partial charge in [0.05, 0.1) is 32.8 Å². The minimum Gasteiger partial charge on any atom is -0.493 e. The Kier molecular flexibility index (Phi) is 10.1. The molecule has 0 unspecified atom stereocenters. The normalized spacial score (nSPS) is 11.0. The molecule has 2 heterocycles. The number of halogens is 3. The molecule has 0 aliphatic carbocycles. The second kappa shape index (κ2) is 13.5. The number of nitrogens with one attached hydrogen (secondary N) is 2. The number of imidazole rings is 1. The molecule has 0 aliphatic heterocycles. The van der Waals surface area contributed by atoms with Crippen molar-refractivity contribution in [2.75, 3.05) is 14.2 Å². The number of methoxy groups -OCH3 is 2. The van der Waals surface area contributed by atoms with Crippen LogP contribution in [0.2, 0.25) is 0 Å². The van der Waals surface area contributed by atoms with Crippen LogP contribution in [-0.2, 0) is 11.3 Å². The number of carboxylic acids is 1. The molecule has 0 bridgehead atoms. The van der Waals surface area contributed by atoms with Gasteiger partial charge in [0.2, 0.25) is 5.78 Å². The van der Waals surface area contributed by atoms with Crippen molar-refractivity contribution in [1.29, 1.82) is 0 Å². The van der Waals surface area contributed by atoms with E-state index < -0.39 is 12.1 Å². The summed E-state index contributed by atoms with van der Waals surface area (Å²) < 4.78 is 48.4. The summed E-state index contributed by atoms with van der Waals surface area (Å²) in [6, 6.07) is 10.5. The van der Waals surface area contributed by atoms with Crippen LogP contribution in [0.15, 0.2) is 55.1 Å². The van der Waals surface area contributed by atoms with Gasteiger partial charge in [0.25, 0.3) is 5.91 Å². The molecule has 3 N–H and O–H groups in total. The third-order valence-electron chi connectivity index (χ3n) is 5.58. The number of carbonyl (C=O) groups is 3. The Bertz CT molecular complexity index is 1570. The number of H-pyrrole nitrogens is 1. The largest absolute Gasteiger partial charge is 0.493 e. The first kappa shape index (κ1) is 31.4. The van der Waals surface area contributed by atoms with E-state index in [-0.39, 0.29) is 30.0 Å². The van der Waals surface area contributed by atoms with Gasteiger partial charge in [0, 0.05) is 23.7 Å². The molecule has 0 aliphatic rings. The summed E-state index contributed by atoms with van der Waals surface area (Å²) in [6.07, 6.45) is -0.640. The molecule has 0 atom stereocenters. The quantitative estimate of drug-likeness (QED) is 0.239. The van der Waals surface area contributed by atoms with Gasteiger partial charge in [-0.25, -0.2) is 9.78 Å². The maximum absolute atomic E-state index is 13.5. The molecule has 4 rings (SSSR count). The average molecular weight is 589 g/mol. The highest BCUT2D eigenvalue weighted by Crippen LogP contribution is 2.35. The van der Waals surface area contributed by atoms with E-state index in [4.69, 9.17) is 24.1 Å². The Morgan fingerprint density at radius 1 is 1.02 bits per heavy atom. The molecule has 2 aromatic heterocycles. The summed E-state index contributed by atoms with van der Waals surface area (Å²) in [6.45, 7) is 4.03. The number of ether oxygens (including phenoxy) is 3. The minimum absolute atomic E-state index is 0.0210. The van der Waals surface area contributed by atoms with Crippen molar-refractivity contribution in [3.8, 4) is 17.2 Å². The molecule has 0 saturated heterocycles. The molecule has 2 aromatic carbocycles. The summed E-state index contributed by atoms with van der Waals surface area (Å²) in [5, 5.41) is 11.3. The molecule has 42 heavy (non-hydrogen) atoms. The van der Waals surface area contributed by atoms with Gasteiger partial charge in [-0.15, -0.1) is 0 Å². The summed E-state index contributed by atoms with van der Waals surface area (Å²) >= 11 is 0. The molecule has 0 saturated carbocycles. The summed E-state index contributed by atoms with van der Waals surface area (Å²) in [5.41, 5.74) is 1.76.